The number of hydrogen-bond donors (Lipinski definition) is 0. The third-order valence-electron chi connectivity index (χ3n) is 15.8. The summed E-state index contributed by atoms with van der Waals surface area (Å²) in [5.74, 6) is 1.50. The zero-order valence-corrected chi connectivity index (χ0v) is 46.8. The van der Waals surface area contributed by atoms with E-state index in [2.05, 4.69) is 84.1 Å². The van der Waals surface area contributed by atoms with E-state index < -0.39 is 0 Å². The fraction of sp³-hybridized carbons (Fsp3) is 0.690. The predicted octanol–water partition coefficient (Wildman–Crippen LogP) is 21.8. The number of hydrogen-bond acceptors (Lipinski definition) is 7. The van der Waals surface area contributed by atoms with E-state index in [1.54, 1.807) is 20.5 Å². The molecule has 0 aliphatic heterocycles. The lowest BCUT2D eigenvalue weighted by Crippen LogP contribution is -2.08. The molecule has 7 heterocycles. The van der Waals surface area contributed by atoms with Crippen LogP contribution in [0.4, 0.5) is 0 Å². The number of fused-ring (bicyclic) bond motifs is 14. The van der Waals surface area contributed by atoms with Gasteiger partial charge in [-0.3, -0.25) is 0 Å². The van der Waals surface area contributed by atoms with Crippen molar-refractivity contribution in [1.29, 1.82) is 0 Å². The van der Waals surface area contributed by atoms with Crippen molar-refractivity contribution in [2.24, 2.45) is 11.8 Å². The lowest BCUT2D eigenvalue weighted by molar-refractivity contribution is 0.399. The average molecular weight is 1000 g/mol. The summed E-state index contributed by atoms with van der Waals surface area (Å²) >= 11 is 9.70. The molecule has 0 saturated heterocycles. The van der Waals surface area contributed by atoms with E-state index in [1.165, 1.54) is 256 Å². The standard InChI is InChI=1S/C58H86N4S5/c1-7-13-17-19-21-23-25-27-29-33-43-39-63-57-51-55(65-53(43)57)45-47-48(60-67-59-47)46-50(49(45)61(51)37-35-41(11-5)31-15-9-3)62(38-36-42(12-6)32-16-10-4)52-56(46)66-54-44(40-64-58(52)54)34-30-28-26-24-22-20-18-14-8-2/h39-42H,7-38H2,1-6H3. The van der Waals surface area contributed by atoms with Crippen LogP contribution >= 0.6 is 57.1 Å². The van der Waals surface area contributed by atoms with Crippen LogP contribution in [0.15, 0.2) is 10.8 Å². The Morgan fingerprint density at radius 2 is 0.776 bits per heavy atom. The van der Waals surface area contributed by atoms with Gasteiger partial charge in [-0.05, 0) is 72.2 Å². The van der Waals surface area contributed by atoms with Gasteiger partial charge in [0.15, 0.2) is 0 Å². The second kappa shape index (κ2) is 25.9. The molecule has 0 amide bonds. The van der Waals surface area contributed by atoms with Crippen molar-refractivity contribution >= 4 is 129 Å². The molecule has 8 rings (SSSR count). The van der Waals surface area contributed by atoms with Gasteiger partial charge in [0.05, 0.1) is 62.0 Å². The van der Waals surface area contributed by atoms with E-state index in [-0.39, 0.29) is 0 Å². The minimum atomic E-state index is 0.751. The summed E-state index contributed by atoms with van der Waals surface area (Å²) in [6.45, 7) is 16.4. The van der Waals surface area contributed by atoms with Crippen LogP contribution in [0.5, 0.6) is 0 Å². The van der Waals surface area contributed by atoms with Crippen LogP contribution < -0.4 is 0 Å². The van der Waals surface area contributed by atoms with Gasteiger partial charge in [-0.15, -0.1) is 45.3 Å². The minimum Gasteiger partial charge on any atom is -0.337 e. The topological polar surface area (TPSA) is 35.6 Å². The summed E-state index contributed by atoms with van der Waals surface area (Å²) in [6.07, 6.45) is 40.2. The van der Waals surface area contributed by atoms with Crippen molar-refractivity contribution < 1.29 is 0 Å². The first-order chi connectivity index (χ1) is 33.1. The van der Waals surface area contributed by atoms with Gasteiger partial charge >= 0.3 is 0 Å². The fourth-order valence-corrected chi connectivity index (χ4v) is 17.6. The largest absolute Gasteiger partial charge is 0.337 e. The third kappa shape index (κ3) is 11.5. The monoisotopic (exact) mass is 999 g/mol. The zero-order valence-electron chi connectivity index (χ0n) is 42.8. The minimum absolute atomic E-state index is 0.751. The van der Waals surface area contributed by atoms with Gasteiger partial charge in [-0.1, -0.05) is 196 Å². The molecule has 0 saturated carbocycles. The Bertz CT molecular complexity index is 2540. The van der Waals surface area contributed by atoms with E-state index in [0.29, 0.717) is 0 Å². The number of rotatable bonds is 34. The summed E-state index contributed by atoms with van der Waals surface area (Å²) in [6, 6.07) is 0. The van der Waals surface area contributed by atoms with E-state index in [1.807, 2.05) is 22.7 Å². The molecule has 0 bridgehead atoms. The van der Waals surface area contributed by atoms with Gasteiger partial charge in [-0.2, -0.15) is 8.75 Å². The van der Waals surface area contributed by atoms with Crippen molar-refractivity contribution in [2.75, 3.05) is 0 Å². The third-order valence-corrected chi connectivity index (χ3v) is 21.2. The van der Waals surface area contributed by atoms with Gasteiger partial charge in [0, 0.05) is 23.9 Å². The maximum absolute atomic E-state index is 5.30. The highest BCUT2D eigenvalue weighted by molar-refractivity contribution is 7.34. The molecule has 7 aromatic heterocycles. The van der Waals surface area contributed by atoms with Gasteiger partial charge in [-0.25, -0.2) is 0 Å². The van der Waals surface area contributed by atoms with Crippen LogP contribution in [0.1, 0.15) is 232 Å². The highest BCUT2D eigenvalue weighted by Gasteiger charge is 2.31. The Kier molecular flexibility index (Phi) is 19.8. The fourth-order valence-electron chi connectivity index (χ4n) is 11.6. The maximum Gasteiger partial charge on any atom is 0.116 e. The smallest absolute Gasteiger partial charge is 0.116 e. The van der Waals surface area contributed by atoms with E-state index in [0.717, 1.165) is 36.0 Å². The van der Waals surface area contributed by atoms with Crippen molar-refractivity contribution in [3.8, 4) is 0 Å². The molecule has 0 aliphatic carbocycles. The molecule has 9 heteroatoms. The predicted molar refractivity (Wildman–Crippen MR) is 308 cm³/mol. The molecule has 0 aliphatic rings. The number of aryl methyl sites for hydroxylation is 4. The van der Waals surface area contributed by atoms with Crippen LogP contribution in [0.3, 0.4) is 0 Å². The van der Waals surface area contributed by atoms with Crippen molar-refractivity contribution in [3.63, 3.8) is 0 Å². The van der Waals surface area contributed by atoms with Crippen LogP contribution in [0.2, 0.25) is 0 Å². The van der Waals surface area contributed by atoms with E-state index in [4.69, 9.17) is 8.75 Å². The molecular weight excluding hydrogens is 913 g/mol. The molecule has 0 radical (unpaired) electrons. The lowest BCUT2D eigenvalue weighted by Gasteiger charge is -2.18. The number of benzene rings is 1. The SMILES string of the molecule is CCCCCCCCCCCc1csc2c1sc1c3c4nsnc4c4c5sc6c(CCCCCCCCCCC)csc6c5n(CCC(CC)CCCC)c4c3n(CCC(CC)CCCC)c21. The van der Waals surface area contributed by atoms with Gasteiger partial charge < -0.3 is 9.13 Å². The molecule has 67 heavy (non-hydrogen) atoms. The first-order valence-electron chi connectivity index (χ1n) is 28.0. The Hall–Kier alpha value is -2.04. The maximum atomic E-state index is 5.30. The Balaban J connectivity index is 1.22. The summed E-state index contributed by atoms with van der Waals surface area (Å²) in [7, 11) is 0. The number of nitrogens with zero attached hydrogens (tertiary/aromatic N) is 4. The second-order valence-corrected chi connectivity index (χ2v) is 25.0. The molecule has 1 aromatic carbocycles. The van der Waals surface area contributed by atoms with Crippen LogP contribution in [-0.2, 0) is 25.9 Å². The zero-order chi connectivity index (χ0) is 46.5. The molecule has 2 unspecified atom stereocenters. The van der Waals surface area contributed by atoms with Crippen LogP contribution in [0.25, 0.3) is 72.1 Å². The van der Waals surface area contributed by atoms with Crippen LogP contribution in [-0.4, -0.2) is 17.9 Å². The molecule has 368 valence electrons. The van der Waals surface area contributed by atoms with Crippen LogP contribution in [0, 0.1) is 11.8 Å². The molecule has 0 spiro atoms. The summed E-state index contributed by atoms with van der Waals surface area (Å²) in [4.78, 5) is 0. The normalized spacial score (nSPS) is 13.5. The van der Waals surface area contributed by atoms with E-state index in [9.17, 15) is 0 Å². The summed E-state index contributed by atoms with van der Waals surface area (Å²) in [5, 5.41) is 7.87. The van der Waals surface area contributed by atoms with Gasteiger partial charge in [0.1, 0.15) is 11.0 Å². The van der Waals surface area contributed by atoms with Crippen molar-refractivity contribution in [2.45, 2.75) is 247 Å². The van der Waals surface area contributed by atoms with Gasteiger partial charge in [0.2, 0.25) is 0 Å². The molecular formula is C58H86N4S5. The number of aromatic nitrogens is 4. The van der Waals surface area contributed by atoms with Gasteiger partial charge in [0.25, 0.3) is 0 Å². The Morgan fingerprint density at radius 3 is 1.15 bits per heavy atom. The van der Waals surface area contributed by atoms with E-state index >= 15 is 0 Å². The first-order valence-corrected chi connectivity index (χ1v) is 32.1. The first kappa shape index (κ1) is 51.3. The molecule has 8 aromatic rings. The molecule has 0 fully saturated rings. The molecule has 2 atom stereocenters. The van der Waals surface area contributed by atoms with Crippen molar-refractivity contribution in [3.05, 3.63) is 21.9 Å². The molecule has 0 N–H and O–H groups in total. The average Bonchev–Trinajstić information content (AvgIpc) is 4.22. The number of thiophene rings is 4. The summed E-state index contributed by atoms with van der Waals surface area (Å²) < 4.78 is 25.4. The van der Waals surface area contributed by atoms with Crippen molar-refractivity contribution in [1.82, 2.24) is 17.9 Å². The quantitative estimate of drug-likeness (QED) is 0.0377. The second-order valence-electron chi connectivity index (χ2n) is 20.7. The number of unbranched alkanes of at least 4 members (excludes halogenated alkanes) is 18. The Labute approximate surface area is 425 Å². The molecule has 4 nitrogen and oxygen atoms in total. The highest BCUT2D eigenvalue weighted by Crippen LogP contribution is 2.53. The summed E-state index contributed by atoms with van der Waals surface area (Å²) in [5.41, 5.74) is 11.4. The Morgan fingerprint density at radius 1 is 0.403 bits per heavy atom. The lowest BCUT2D eigenvalue weighted by atomic mass is 9.96. The highest BCUT2D eigenvalue weighted by atomic mass is 32.1.